The lowest BCUT2D eigenvalue weighted by Crippen LogP contribution is -2.32. The van der Waals surface area contributed by atoms with Crippen molar-refractivity contribution in [2.24, 2.45) is 0 Å². The summed E-state index contributed by atoms with van der Waals surface area (Å²) in [7, 11) is 0. The Bertz CT molecular complexity index is 698. The zero-order valence-corrected chi connectivity index (χ0v) is 15.3. The molecule has 120 valence electrons. The monoisotopic (exact) mass is 422 g/mol. The number of carbonyl (C=O) groups excluding carboxylic acids is 2. The standard InChI is InChI=1S/C18H19IN2O2/c1-3-12(2)20-18(23)15-6-4-5-7-16(15)21-17(22)13-8-10-14(19)11-9-13/h4-12H,3H2,1-2H3,(H,20,23)(H,21,22)/t12-/m1/s1. The summed E-state index contributed by atoms with van der Waals surface area (Å²) >= 11 is 2.19. The van der Waals surface area contributed by atoms with Gasteiger partial charge in [0.25, 0.3) is 11.8 Å². The second-order valence-corrected chi connectivity index (χ2v) is 6.53. The molecule has 23 heavy (non-hydrogen) atoms. The fourth-order valence-corrected chi connectivity index (χ4v) is 2.35. The van der Waals surface area contributed by atoms with Gasteiger partial charge in [-0.25, -0.2) is 0 Å². The van der Waals surface area contributed by atoms with Gasteiger partial charge in [-0.05, 0) is 72.3 Å². The van der Waals surface area contributed by atoms with Crippen LogP contribution in [0.3, 0.4) is 0 Å². The SMILES string of the molecule is CC[C@@H](C)NC(=O)c1ccccc1NC(=O)c1ccc(I)cc1. The van der Waals surface area contributed by atoms with Crippen LogP contribution in [0.25, 0.3) is 0 Å². The van der Waals surface area contributed by atoms with Gasteiger partial charge >= 0.3 is 0 Å². The van der Waals surface area contributed by atoms with Gasteiger partial charge in [-0.2, -0.15) is 0 Å². The number of benzene rings is 2. The van der Waals surface area contributed by atoms with Crippen LogP contribution in [0.5, 0.6) is 0 Å². The van der Waals surface area contributed by atoms with Crippen LogP contribution >= 0.6 is 22.6 Å². The first-order valence-electron chi connectivity index (χ1n) is 7.48. The van der Waals surface area contributed by atoms with Crippen LogP contribution in [0, 0.1) is 3.57 Å². The van der Waals surface area contributed by atoms with Crippen LogP contribution in [-0.4, -0.2) is 17.9 Å². The van der Waals surface area contributed by atoms with E-state index in [2.05, 4.69) is 33.2 Å². The van der Waals surface area contributed by atoms with Gasteiger partial charge < -0.3 is 10.6 Å². The second-order valence-electron chi connectivity index (χ2n) is 5.29. The summed E-state index contributed by atoms with van der Waals surface area (Å²) in [6, 6.07) is 14.4. The topological polar surface area (TPSA) is 58.2 Å². The summed E-state index contributed by atoms with van der Waals surface area (Å²) in [4.78, 5) is 24.7. The summed E-state index contributed by atoms with van der Waals surface area (Å²) in [5.74, 6) is -0.414. The van der Waals surface area contributed by atoms with Gasteiger partial charge in [-0.15, -0.1) is 0 Å². The molecule has 0 aliphatic rings. The van der Waals surface area contributed by atoms with Gasteiger partial charge in [0.2, 0.25) is 0 Å². The molecule has 0 bridgehead atoms. The van der Waals surface area contributed by atoms with Crippen LogP contribution in [-0.2, 0) is 0 Å². The molecule has 2 rings (SSSR count). The molecule has 2 aromatic rings. The van der Waals surface area contributed by atoms with Gasteiger partial charge in [0.1, 0.15) is 0 Å². The van der Waals surface area contributed by atoms with Crippen molar-refractivity contribution in [2.45, 2.75) is 26.3 Å². The molecule has 4 nitrogen and oxygen atoms in total. The highest BCUT2D eigenvalue weighted by Gasteiger charge is 2.15. The largest absolute Gasteiger partial charge is 0.350 e. The number of para-hydroxylation sites is 1. The Labute approximate surface area is 149 Å². The van der Waals surface area contributed by atoms with Gasteiger partial charge in [0, 0.05) is 15.2 Å². The number of hydrogen-bond donors (Lipinski definition) is 2. The zero-order chi connectivity index (χ0) is 16.8. The molecule has 0 aromatic heterocycles. The minimum atomic E-state index is -0.231. The molecule has 5 heteroatoms. The fraction of sp³-hybridized carbons (Fsp3) is 0.222. The quantitative estimate of drug-likeness (QED) is 0.714. The molecule has 2 amide bonds. The highest BCUT2D eigenvalue weighted by atomic mass is 127. The molecule has 0 aliphatic carbocycles. The summed E-state index contributed by atoms with van der Waals surface area (Å²) in [5, 5.41) is 5.73. The zero-order valence-electron chi connectivity index (χ0n) is 13.1. The maximum absolute atomic E-state index is 12.3. The minimum Gasteiger partial charge on any atom is -0.350 e. The molecule has 0 unspecified atom stereocenters. The first-order valence-corrected chi connectivity index (χ1v) is 8.56. The van der Waals surface area contributed by atoms with Crippen molar-refractivity contribution in [3.05, 3.63) is 63.2 Å². The Morgan fingerprint density at radius 3 is 2.35 bits per heavy atom. The van der Waals surface area contributed by atoms with Crippen molar-refractivity contribution >= 4 is 40.1 Å². The number of amides is 2. The van der Waals surface area contributed by atoms with Crippen LogP contribution in [0.1, 0.15) is 41.0 Å². The molecule has 0 saturated carbocycles. The van der Waals surface area contributed by atoms with Crippen molar-refractivity contribution in [1.29, 1.82) is 0 Å². The highest BCUT2D eigenvalue weighted by Crippen LogP contribution is 2.17. The van der Waals surface area contributed by atoms with Crippen LogP contribution in [0.4, 0.5) is 5.69 Å². The molecule has 0 aliphatic heterocycles. The molecular weight excluding hydrogens is 403 g/mol. The number of hydrogen-bond acceptors (Lipinski definition) is 2. The van der Waals surface area contributed by atoms with Crippen molar-refractivity contribution < 1.29 is 9.59 Å². The normalized spacial score (nSPS) is 11.6. The van der Waals surface area contributed by atoms with E-state index in [9.17, 15) is 9.59 Å². The number of carbonyl (C=O) groups is 2. The summed E-state index contributed by atoms with van der Waals surface area (Å²) in [6.07, 6.45) is 0.850. The van der Waals surface area contributed by atoms with E-state index < -0.39 is 0 Å². The molecule has 0 fully saturated rings. The molecule has 0 heterocycles. The van der Waals surface area contributed by atoms with Crippen molar-refractivity contribution in [1.82, 2.24) is 5.32 Å². The maximum Gasteiger partial charge on any atom is 0.255 e. The van der Waals surface area contributed by atoms with E-state index in [1.54, 1.807) is 36.4 Å². The fourth-order valence-electron chi connectivity index (χ4n) is 1.99. The number of halogens is 1. The van der Waals surface area contributed by atoms with Gasteiger partial charge in [-0.3, -0.25) is 9.59 Å². The number of rotatable bonds is 5. The average Bonchev–Trinajstić information content (AvgIpc) is 2.55. The predicted octanol–water partition coefficient (Wildman–Crippen LogP) is 4.07. The summed E-state index contributed by atoms with van der Waals surface area (Å²) < 4.78 is 1.06. The molecular formula is C18H19IN2O2. The third kappa shape index (κ3) is 4.79. The van der Waals surface area contributed by atoms with Crippen molar-refractivity contribution in [3.63, 3.8) is 0 Å². The molecule has 0 spiro atoms. The lowest BCUT2D eigenvalue weighted by atomic mass is 10.1. The van der Waals surface area contributed by atoms with Crippen molar-refractivity contribution in [3.8, 4) is 0 Å². The Hall–Kier alpha value is -1.89. The van der Waals surface area contributed by atoms with E-state index in [-0.39, 0.29) is 17.9 Å². The molecule has 2 N–H and O–H groups in total. The Balaban J connectivity index is 2.18. The second kappa shape index (κ2) is 8.10. The summed E-state index contributed by atoms with van der Waals surface area (Å²) in [6.45, 7) is 3.96. The smallest absolute Gasteiger partial charge is 0.255 e. The van der Waals surface area contributed by atoms with Gasteiger partial charge in [0.15, 0.2) is 0 Å². The maximum atomic E-state index is 12.3. The number of anilines is 1. The van der Waals surface area contributed by atoms with Gasteiger partial charge in [0.05, 0.1) is 11.3 Å². The van der Waals surface area contributed by atoms with Crippen LogP contribution < -0.4 is 10.6 Å². The lowest BCUT2D eigenvalue weighted by molar-refractivity contribution is 0.0940. The lowest BCUT2D eigenvalue weighted by Gasteiger charge is -2.14. The third-order valence-corrected chi connectivity index (χ3v) is 4.24. The van der Waals surface area contributed by atoms with E-state index in [4.69, 9.17) is 0 Å². The average molecular weight is 422 g/mol. The first kappa shape index (κ1) is 17.5. The van der Waals surface area contributed by atoms with Crippen molar-refractivity contribution in [2.75, 3.05) is 5.32 Å². The van der Waals surface area contributed by atoms with Gasteiger partial charge in [-0.1, -0.05) is 19.1 Å². The Kier molecular flexibility index (Phi) is 6.15. The summed E-state index contributed by atoms with van der Waals surface area (Å²) in [5.41, 5.74) is 1.53. The number of nitrogens with one attached hydrogen (secondary N) is 2. The molecule has 0 radical (unpaired) electrons. The Morgan fingerprint density at radius 2 is 1.70 bits per heavy atom. The first-order chi connectivity index (χ1) is 11.0. The highest BCUT2D eigenvalue weighted by molar-refractivity contribution is 14.1. The Morgan fingerprint density at radius 1 is 1.04 bits per heavy atom. The van der Waals surface area contributed by atoms with E-state index >= 15 is 0 Å². The molecule has 0 saturated heterocycles. The van der Waals surface area contributed by atoms with E-state index in [1.165, 1.54) is 0 Å². The predicted molar refractivity (Wildman–Crippen MR) is 101 cm³/mol. The van der Waals surface area contributed by atoms with E-state index in [0.717, 1.165) is 9.99 Å². The van der Waals surface area contributed by atoms with Crippen LogP contribution in [0.2, 0.25) is 0 Å². The minimum absolute atomic E-state index is 0.0856. The molecule has 2 aromatic carbocycles. The van der Waals surface area contributed by atoms with Crippen LogP contribution in [0.15, 0.2) is 48.5 Å². The third-order valence-electron chi connectivity index (χ3n) is 3.52. The van der Waals surface area contributed by atoms with E-state index in [0.29, 0.717) is 16.8 Å². The van der Waals surface area contributed by atoms with E-state index in [1.807, 2.05) is 26.0 Å². The molecule has 1 atom stereocenters.